The molecule has 0 saturated carbocycles. The average Bonchev–Trinajstić information content (AvgIpc) is 3.99. The van der Waals surface area contributed by atoms with Crippen LogP contribution in [0.2, 0.25) is 0 Å². The molecular weight excluding hydrogens is 635 g/mol. The number of nitrogens with one attached hydrogen (secondary N) is 2. The van der Waals surface area contributed by atoms with Gasteiger partial charge in [-0.3, -0.25) is 4.99 Å². The number of hydrogen-bond donors (Lipinski definition) is 2. The number of aryl methyl sites for hydroxylation is 4. The molecule has 0 amide bonds. The van der Waals surface area contributed by atoms with Crippen LogP contribution in [0.5, 0.6) is 0 Å². The molecule has 5 heteroatoms. The first-order chi connectivity index (χ1) is 25.4. The fourth-order valence-corrected chi connectivity index (χ4v) is 7.61. The Kier molecular flexibility index (Phi) is 7.77. The van der Waals surface area contributed by atoms with Gasteiger partial charge in [0.15, 0.2) is 12.4 Å². The molecule has 5 nitrogen and oxygen atoms in total. The normalized spacial score (nSPS) is 23.2. The number of aromatic amines is 1. The van der Waals surface area contributed by atoms with Gasteiger partial charge in [-0.2, -0.15) is 0 Å². The van der Waals surface area contributed by atoms with Crippen molar-refractivity contribution < 1.29 is 4.57 Å². The van der Waals surface area contributed by atoms with Gasteiger partial charge in [0.05, 0.1) is 34.8 Å². The van der Waals surface area contributed by atoms with Gasteiger partial charge in [-0.1, -0.05) is 95.6 Å². The van der Waals surface area contributed by atoms with Crippen LogP contribution in [0.4, 0.5) is 0 Å². The third kappa shape index (κ3) is 5.74. The SMILES string of the molecule is Cc1ccc(/C2=C3\C=CC(N3)C(c3cc[n+](C)cc3)C3=N/C(=C(/c4ccc(C)cc4)c4ccc([nH]4)/C(c4ccc(C)cc4)=C4/C=CC2=N4)C=C3)cc1. The van der Waals surface area contributed by atoms with Crippen molar-refractivity contribution in [2.45, 2.75) is 32.7 Å². The Bertz CT molecular complexity index is 2470. The van der Waals surface area contributed by atoms with Gasteiger partial charge in [-0.05, 0) is 85.5 Å². The summed E-state index contributed by atoms with van der Waals surface area (Å²) in [7, 11) is 2.06. The van der Waals surface area contributed by atoms with Gasteiger partial charge in [-0.25, -0.2) is 9.56 Å². The predicted molar refractivity (Wildman–Crippen MR) is 213 cm³/mol. The fourth-order valence-electron chi connectivity index (χ4n) is 7.61. The molecule has 6 heterocycles. The van der Waals surface area contributed by atoms with Crippen LogP contribution in [-0.4, -0.2) is 22.4 Å². The zero-order valence-electron chi connectivity index (χ0n) is 29.9. The molecule has 5 aromatic rings. The standard InChI is InChI=1S/C47H40N5/c1-29-5-11-32(12-6-29)44-36-17-19-38(48-36)45(33-13-7-30(2)8-14-33)40-21-23-42(50-40)47(35-25-27-52(4)28-26-35)43-24-22-41(51-43)46(39-20-18-37(44)49-39)34-15-9-31(3)10-16-34/h5-28,42,47,49-50H,1-4H3/q+1/b44-36-,45-40-,46-41-. The summed E-state index contributed by atoms with van der Waals surface area (Å²) in [6, 6.07) is 35.0. The van der Waals surface area contributed by atoms with Gasteiger partial charge in [-0.15, -0.1) is 0 Å². The molecule has 2 atom stereocenters. The maximum atomic E-state index is 5.46. The topological polar surface area (TPSA) is 56.4 Å². The highest BCUT2D eigenvalue weighted by Crippen LogP contribution is 2.39. The summed E-state index contributed by atoms with van der Waals surface area (Å²) in [5.41, 5.74) is 18.3. The molecule has 3 aromatic carbocycles. The molecule has 0 radical (unpaired) electrons. The zero-order valence-corrected chi connectivity index (χ0v) is 29.9. The zero-order chi connectivity index (χ0) is 35.3. The first-order valence-electron chi connectivity index (χ1n) is 18.0. The first kappa shape index (κ1) is 31.6. The van der Waals surface area contributed by atoms with Crippen LogP contribution in [0, 0.1) is 20.8 Å². The molecular formula is C47H40N5+. The van der Waals surface area contributed by atoms with Crippen LogP contribution in [0.15, 0.2) is 173 Å². The number of aromatic nitrogens is 2. The Hall–Kier alpha value is -6.33. The van der Waals surface area contributed by atoms with Crippen molar-refractivity contribution in [2.24, 2.45) is 17.0 Å². The van der Waals surface area contributed by atoms with E-state index < -0.39 is 0 Å². The molecule has 4 aliphatic heterocycles. The molecule has 2 aromatic heterocycles. The largest absolute Gasteiger partial charge is 0.377 e. The number of allylic oxidation sites excluding steroid dienone is 6. The van der Waals surface area contributed by atoms with E-state index in [-0.39, 0.29) is 12.0 Å². The molecule has 252 valence electrons. The second-order valence-corrected chi connectivity index (χ2v) is 14.2. The van der Waals surface area contributed by atoms with Crippen molar-refractivity contribution in [3.8, 4) is 0 Å². The van der Waals surface area contributed by atoms with E-state index in [4.69, 9.17) is 9.98 Å². The van der Waals surface area contributed by atoms with E-state index >= 15 is 0 Å². The van der Waals surface area contributed by atoms with Crippen molar-refractivity contribution in [2.75, 3.05) is 0 Å². The van der Waals surface area contributed by atoms with Gasteiger partial charge >= 0.3 is 0 Å². The molecule has 8 bridgehead atoms. The lowest BCUT2D eigenvalue weighted by Crippen LogP contribution is -2.34. The van der Waals surface area contributed by atoms with Gasteiger partial charge in [0.1, 0.15) is 7.05 Å². The molecule has 9 rings (SSSR count). The maximum absolute atomic E-state index is 5.46. The van der Waals surface area contributed by atoms with E-state index in [0.29, 0.717) is 0 Å². The quantitative estimate of drug-likeness (QED) is 0.184. The summed E-state index contributed by atoms with van der Waals surface area (Å²) in [6.45, 7) is 6.38. The minimum atomic E-state index is -0.0287. The third-order valence-corrected chi connectivity index (χ3v) is 10.4. The van der Waals surface area contributed by atoms with E-state index in [0.717, 1.165) is 73.3 Å². The van der Waals surface area contributed by atoms with Crippen LogP contribution >= 0.6 is 0 Å². The highest BCUT2D eigenvalue weighted by atomic mass is 15.0. The molecule has 4 aliphatic rings. The summed E-state index contributed by atoms with van der Waals surface area (Å²) in [6.07, 6.45) is 17.5. The molecule has 2 unspecified atom stereocenters. The monoisotopic (exact) mass is 674 g/mol. The third-order valence-electron chi connectivity index (χ3n) is 10.4. The second kappa shape index (κ2) is 12.8. The van der Waals surface area contributed by atoms with Crippen LogP contribution in [0.25, 0.3) is 16.7 Å². The van der Waals surface area contributed by atoms with Gasteiger partial charge < -0.3 is 10.3 Å². The Morgan fingerprint density at radius 3 is 1.63 bits per heavy atom. The smallest absolute Gasteiger partial charge is 0.168 e. The lowest BCUT2D eigenvalue weighted by atomic mass is 9.88. The van der Waals surface area contributed by atoms with Crippen molar-refractivity contribution in [3.05, 3.63) is 213 Å². The minimum Gasteiger partial charge on any atom is -0.377 e. The number of hydrogen-bond acceptors (Lipinski definition) is 3. The highest BCUT2D eigenvalue weighted by Gasteiger charge is 2.33. The first-order valence-corrected chi connectivity index (χ1v) is 18.0. The Labute approximate surface area is 305 Å². The van der Waals surface area contributed by atoms with Crippen LogP contribution in [0.3, 0.4) is 0 Å². The summed E-state index contributed by atoms with van der Waals surface area (Å²) < 4.78 is 2.08. The number of pyridine rings is 1. The number of benzene rings is 3. The van der Waals surface area contributed by atoms with Crippen LogP contribution in [-0.2, 0) is 7.05 Å². The summed E-state index contributed by atoms with van der Waals surface area (Å²) in [5, 5.41) is 3.96. The predicted octanol–water partition coefficient (Wildman–Crippen LogP) is 9.04. The van der Waals surface area contributed by atoms with Crippen LogP contribution < -0.4 is 9.88 Å². The summed E-state index contributed by atoms with van der Waals surface area (Å²) >= 11 is 0. The number of nitrogens with zero attached hydrogens (tertiary/aromatic N) is 3. The van der Waals surface area contributed by atoms with Gasteiger partial charge in [0.2, 0.25) is 0 Å². The number of fused-ring (bicyclic) bond motifs is 6. The molecule has 0 fully saturated rings. The Balaban J connectivity index is 1.32. The highest BCUT2D eigenvalue weighted by molar-refractivity contribution is 6.32. The Morgan fingerprint density at radius 2 is 1.06 bits per heavy atom. The van der Waals surface area contributed by atoms with E-state index in [2.05, 4.69) is 189 Å². The number of aliphatic imine (C=N–C) groups is 2. The van der Waals surface area contributed by atoms with Gasteiger partial charge in [0, 0.05) is 45.9 Å². The number of H-pyrrole nitrogens is 1. The fraction of sp³-hybridized carbons (Fsp3) is 0.128. The van der Waals surface area contributed by atoms with Crippen LogP contribution in [0.1, 0.15) is 56.2 Å². The molecule has 0 aliphatic carbocycles. The summed E-state index contributed by atoms with van der Waals surface area (Å²) in [4.78, 5) is 14.7. The van der Waals surface area contributed by atoms with E-state index in [1.54, 1.807) is 0 Å². The van der Waals surface area contributed by atoms with E-state index in [1.165, 1.54) is 22.3 Å². The van der Waals surface area contributed by atoms with E-state index in [1.807, 2.05) is 0 Å². The van der Waals surface area contributed by atoms with E-state index in [9.17, 15) is 0 Å². The Morgan fingerprint density at radius 1 is 0.538 bits per heavy atom. The van der Waals surface area contributed by atoms with Crippen molar-refractivity contribution in [1.82, 2.24) is 10.3 Å². The second-order valence-electron chi connectivity index (χ2n) is 14.2. The molecule has 52 heavy (non-hydrogen) atoms. The average molecular weight is 675 g/mol. The van der Waals surface area contributed by atoms with Crippen molar-refractivity contribution in [3.63, 3.8) is 0 Å². The van der Waals surface area contributed by atoms with Crippen molar-refractivity contribution in [1.29, 1.82) is 0 Å². The molecule has 2 N–H and O–H groups in total. The van der Waals surface area contributed by atoms with Crippen molar-refractivity contribution >= 4 is 28.1 Å². The lowest BCUT2D eigenvalue weighted by molar-refractivity contribution is -0.671. The number of rotatable bonds is 4. The lowest BCUT2D eigenvalue weighted by Gasteiger charge is -2.24. The summed E-state index contributed by atoms with van der Waals surface area (Å²) in [5.74, 6) is -0.0287. The molecule has 0 spiro atoms. The molecule has 0 saturated heterocycles. The van der Waals surface area contributed by atoms with Gasteiger partial charge in [0.25, 0.3) is 0 Å². The minimum absolute atomic E-state index is 0.0251. The maximum Gasteiger partial charge on any atom is 0.168 e.